The molecule has 0 aliphatic carbocycles. The Morgan fingerprint density at radius 2 is 1.27 bits per heavy atom. The van der Waals surface area contributed by atoms with Crippen LogP contribution in [0.3, 0.4) is 0 Å². The van der Waals surface area contributed by atoms with Crippen molar-refractivity contribution in [2.24, 2.45) is 0 Å². The zero-order valence-electron chi connectivity index (χ0n) is 15.4. The molecule has 0 amide bonds. The van der Waals surface area contributed by atoms with Crippen LogP contribution in [0, 0.1) is 0 Å². The Morgan fingerprint density at radius 3 is 1.69 bits per heavy atom. The summed E-state index contributed by atoms with van der Waals surface area (Å²) in [4.78, 5) is 0. The van der Waals surface area contributed by atoms with Gasteiger partial charge in [-0.2, -0.15) is 0 Å². The van der Waals surface area contributed by atoms with Crippen molar-refractivity contribution in [3.05, 3.63) is 78.9 Å². The van der Waals surface area contributed by atoms with Crippen LogP contribution < -0.4 is 4.74 Å². The molecule has 2 heteroatoms. The van der Waals surface area contributed by atoms with Crippen LogP contribution in [0.25, 0.3) is 22.3 Å². The van der Waals surface area contributed by atoms with Crippen molar-refractivity contribution in [1.29, 1.82) is 0 Å². The molecule has 2 unspecified atom stereocenters. The van der Waals surface area contributed by atoms with Gasteiger partial charge in [-0.25, -0.2) is 0 Å². The van der Waals surface area contributed by atoms with Gasteiger partial charge in [0.1, 0.15) is 11.9 Å². The van der Waals surface area contributed by atoms with E-state index in [-0.39, 0.29) is 12.2 Å². The second-order valence-electron chi connectivity index (χ2n) is 6.71. The van der Waals surface area contributed by atoms with E-state index in [0.717, 1.165) is 23.3 Å². The first-order valence-corrected chi connectivity index (χ1v) is 9.26. The maximum atomic E-state index is 9.72. The van der Waals surface area contributed by atoms with Gasteiger partial charge >= 0.3 is 0 Å². The van der Waals surface area contributed by atoms with Gasteiger partial charge in [0, 0.05) is 6.42 Å². The zero-order chi connectivity index (χ0) is 18.4. The number of hydrogen-bond acceptors (Lipinski definition) is 2. The summed E-state index contributed by atoms with van der Waals surface area (Å²) in [5, 5.41) is 9.72. The summed E-state index contributed by atoms with van der Waals surface area (Å²) in [5.41, 5.74) is 4.60. The molecule has 134 valence electrons. The number of rotatable bonds is 7. The monoisotopic (exact) mass is 346 g/mol. The fourth-order valence-electron chi connectivity index (χ4n) is 3.13. The summed E-state index contributed by atoms with van der Waals surface area (Å²) >= 11 is 0. The smallest absolute Gasteiger partial charge is 0.120 e. The maximum absolute atomic E-state index is 9.72. The van der Waals surface area contributed by atoms with E-state index in [2.05, 4.69) is 49.4 Å². The minimum absolute atomic E-state index is 0.00430. The molecule has 3 rings (SSSR count). The number of benzene rings is 3. The number of ether oxygens (including phenoxy) is 1. The Morgan fingerprint density at radius 1 is 0.769 bits per heavy atom. The summed E-state index contributed by atoms with van der Waals surface area (Å²) < 4.78 is 6.24. The molecule has 2 atom stereocenters. The van der Waals surface area contributed by atoms with Gasteiger partial charge in [0.2, 0.25) is 0 Å². The number of aliphatic hydroxyl groups is 1. The third-order valence-corrected chi connectivity index (χ3v) is 4.48. The average Bonchev–Trinajstić information content (AvgIpc) is 2.68. The minimum Gasteiger partial charge on any atom is -0.490 e. The summed E-state index contributed by atoms with van der Waals surface area (Å²) in [6.45, 7) is 3.90. The van der Waals surface area contributed by atoms with Crippen molar-refractivity contribution < 1.29 is 9.84 Å². The van der Waals surface area contributed by atoms with Crippen LogP contribution in [0.2, 0.25) is 0 Å². The molecule has 0 spiro atoms. The lowest BCUT2D eigenvalue weighted by atomic mass is 9.98. The van der Waals surface area contributed by atoms with E-state index in [0.29, 0.717) is 6.42 Å². The van der Waals surface area contributed by atoms with Gasteiger partial charge in [0.25, 0.3) is 0 Å². The van der Waals surface area contributed by atoms with Crippen molar-refractivity contribution in [3.8, 4) is 28.0 Å². The molecule has 3 aromatic rings. The maximum Gasteiger partial charge on any atom is 0.120 e. The molecule has 2 nitrogen and oxygen atoms in total. The molecular weight excluding hydrogens is 320 g/mol. The third kappa shape index (κ3) is 4.74. The highest BCUT2D eigenvalue weighted by molar-refractivity contribution is 5.75. The molecule has 1 N–H and O–H groups in total. The van der Waals surface area contributed by atoms with Crippen LogP contribution in [0.15, 0.2) is 78.9 Å². The SMILES string of the molecule is CCC(CC(C)O)Oc1cc(-c2ccccc2)cc(-c2ccccc2)c1. The lowest BCUT2D eigenvalue weighted by Gasteiger charge is -2.20. The summed E-state index contributed by atoms with van der Waals surface area (Å²) in [5.74, 6) is 0.845. The van der Waals surface area contributed by atoms with Crippen molar-refractivity contribution >= 4 is 0 Å². The summed E-state index contributed by atoms with van der Waals surface area (Å²) in [6, 6.07) is 27.1. The van der Waals surface area contributed by atoms with E-state index in [4.69, 9.17) is 4.74 Å². The normalized spacial score (nSPS) is 13.2. The predicted octanol–water partition coefficient (Wildman–Crippen LogP) is 5.95. The Bertz CT molecular complexity index is 752. The lowest BCUT2D eigenvalue weighted by Crippen LogP contribution is -2.21. The van der Waals surface area contributed by atoms with Crippen LogP contribution in [0.5, 0.6) is 5.75 Å². The van der Waals surface area contributed by atoms with Gasteiger partial charge in [-0.05, 0) is 53.8 Å². The molecule has 0 fully saturated rings. The summed E-state index contributed by atoms with van der Waals surface area (Å²) in [6.07, 6.45) is 1.13. The fraction of sp³-hybridized carbons (Fsp3) is 0.250. The molecule has 0 heterocycles. The molecule has 26 heavy (non-hydrogen) atoms. The molecule has 0 saturated carbocycles. The van der Waals surface area contributed by atoms with E-state index in [1.807, 2.05) is 43.3 Å². The first-order chi connectivity index (χ1) is 12.7. The van der Waals surface area contributed by atoms with E-state index in [1.54, 1.807) is 0 Å². The molecule has 3 aromatic carbocycles. The third-order valence-electron chi connectivity index (χ3n) is 4.48. The molecule has 0 aromatic heterocycles. The Balaban J connectivity index is 2.00. The number of hydrogen-bond donors (Lipinski definition) is 1. The van der Waals surface area contributed by atoms with E-state index in [9.17, 15) is 5.11 Å². The minimum atomic E-state index is -0.370. The van der Waals surface area contributed by atoms with Gasteiger partial charge in [0.15, 0.2) is 0 Å². The molecule has 0 aliphatic heterocycles. The summed E-state index contributed by atoms with van der Waals surface area (Å²) in [7, 11) is 0. The Kier molecular flexibility index (Phi) is 6.08. The lowest BCUT2D eigenvalue weighted by molar-refractivity contribution is 0.103. The molecule has 0 radical (unpaired) electrons. The van der Waals surface area contributed by atoms with Gasteiger partial charge in [-0.15, -0.1) is 0 Å². The molecule has 0 saturated heterocycles. The second kappa shape index (κ2) is 8.68. The van der Waals surface area contributed by atoms with E-state index < -0.39 is 0 Å². The molecule has 0 aliphatic rings. The number of aliphatic hydroxyl groups excluding tert-OH is 1. The first-order valence-electron chi connectivity index (χ1n) is 9.26. The predicted molar refractivity (Wildman–Crippen MR) is 108 cm³/mol. The van der Waals surface area contributed by atoms with Gasteiger partial charge < -0.3 is 9.84 Å². The average molecular weight is 346 g/mol. The molecule has 0 bridgehead atoms. The standard InChI is InChI=1S/C24H26O2/c1-3-23(14-18(2)25)26-24-16-21(19-10-6-4-7-11-19)15-22(17-24)20-12-8-5-9-13-20/h4-13,15-18,23,25H,3,14H2,1-2H3. The Hall–Kier alpha value is -2.58. The molecular formula is C24H26O2. The highest BCUT2D eigenvalue weighted by Gasteiger charge is 2.13. The van der Waals surface area contributed by atoms with E-state index >= 15 is 0 Å². The largest absolute Gasteiger partial charge is 0.490 e. The van der Waals surface area contributed by atoms with Crippen molar-refractivity contribution in [3.63, 3.8) is 0 Å². The van der Waals surface area contributed by atoms with E-state index in [1.165, 1.54) is 11.1 Å². The highest BCUT2D eigenvalue weighted by Crippen LogP contribution is 2.32. The highest BCUT2D eigenvalue weighted by atomic mass is 16.5. The second-order valence-corrected chi connectivity index (χ2v) is 6.71. The Labute approximate surface area is 156 Å². The van der Waals surface area contributed by atoms with Gasteiger partial charge in [-0.1, -0.05) is 67.6 Å². The van der Waals surface area contributed by atoms with Gasteiger partial charge in [-0.3, -0.25) is 0 Å². The van der Waals surface area contributed by atoms with Crippen LogP contribution in [-0.2, 0) is 0 Å². The van der Waals surface area contributed by atoms with Crippen molar-refractivity contribution in [2.45, 2.75) is 38.9 Å². The van der Waals surface area contributed by atoms with Crippen LogP contribution >= 0.6 is 0 Å². The quantitative estimate of drug-likeness (QED) is 0.573. The van der Waals surface area contributed by atoms with Crippen LogP contribution in [-0.4, -0.2) is 17.3 Å². The fourth-order valence-corrected chi connectivity index (χ4v) is 3.13. The zero-order valence-corrected chi connectivity index (χ0v) is 15.4. The van der Waals surface area contributed by atoms with Crippen molar-refractivity contribution in [2.75, 3.05) is 0 Å². The van der Waals surface area contributed by atoms with Crippen molar-refractivity contribution in [1.82, 2.24) is 0 Å². The first kappa shape index (κ1) is 18.2. The van der Waals surface area contributed by atoms with Gasteiger partial charge in [0.05, 0.1) is 6.10 Å². The topological polar surface area (TPSA) is 29.5 Å². The van der Waals surface area contributed by atoms with Crippen LogP contribution in [0.4, 0.5) is 0 Å². The van der Waals surface area contributed by atoms with Crippen LogP contribution in [0.1, 0.15) is 26.7 Å².